The molecule has 3 aromatic rings. The Balaban J connectivity index is 1.57. The van der Waals surface area contributed by atoms with E-state index in [1.165, 1.54) is 18.4 Å². The van der Waals surface area contributed by atoms with Crippen LogP contribution in [-0.4, -0.2) is 33.9 Å². The van der Waals surface area contributed by atoms with Gasteiger partial charge in [-0.05, 0) is 17.7 Å². The van der Waals surface area contributed by atoms with Crippen LogP contribution < -0.4 is 10.6 Å². The van der Waals surface area contributed by atoms with Gasteiger partial charge in [0.25, 0.3) is 5.91 Å². The first-order valence-corrected chi connectivity index (χ1v) is 8.60. The van der Waals surface area contributed by atoms with Crippen molar-refractivity contribution in [3.8, 4) is 10.6 Å². The summed E-state index contributed by atoms with van der Waals surface area (Å²) in [5, 5.41) is 12.0. The number of hydrogen-bond acceptors (Lipinski definition) is 6. The second-order valence-electron chi connectivity index (χ2n) is 5.44. The SMILES string of the molecule is COC(=O)Nc1ccc(CNC(=O)c2csc(-c3cnn(C)c3)n2)cc1. The molecule has 2 aromatic heterocycles. The normalized spacial score (nSPS) is 10.4. The first-order valence-electron chi connectivity index (χ1n) is 7.72. The maximum atomic E-state index is 12.3. The summed E-state index contributed by atoms with van der Waals surface area (Å²) in [4.78, 5) is 27.8. The Kier molecular flexibility index (Phi) is 5.28. The number of carbonyl (C=O) groups excluding carboxylic acids is 2. The molecule has 2 amide bonds. The third-order valence-corrected chi connectivity index (χ3v) is 4.42. The van der Waals surface area contributed by atoms with Gasteiger partial charge in [-0.3, -0.25) is 14.8 Å². The van der Waals surface area contributed by atoms with Crippen LogP contribution in [0.15, 0.2) is 42.0 Å². The van der Waals surface area contributed by atoms with Crippen LogP contribution in [-0.2, 0) is 18.3 Å². The maximum absolute atomic E-state index is 12.3. The molecule has 0 radical (unpaired) electrons. The molecule has 0 aliphatic heterocycles. The number of aryl methyl sites for hydroxylation is 1. The van der Waals surface area contributed by atoms with Gasteiger partial charge in [0.2, 0.25) is 0 Å². The smallest absolute Gasteiger partial charge is 0.411 e. The lowest BCUT2D eigenvalue weighted by atomic mass is 10.2. The van der Waals surface area contributed by atoms with E-state index in [9.17, 15) is 9.59 Å². The van der Waals surface area contributed by atoms with Gasteiger partial charge in [-0.25, -0.2) is 9.78 Å². The molecule has 26 heavy (non-hydrogen) atoms. The molecule has 0 saturated heterocycles. The van der Waals surface area contributed by atoms with Crippen LogP contribution in [0.25, 0.3) is 10.6 Å². The number of rotatable bonds is 5. The molecule has 0 fully saturated rings. The van der Waals surface area contributed by atoms with Crippen molar-refractivity contribution in [3.63, 3.8) is 0 Å². The Morgan fingerprint density at radius 2 is 2.04 bits per heavy atom. The number of nitrogens with one attached hydrogen (secondary N) is 2. The second-order valence-corrected chi connectivity index (χ2v) is 6.29. The summed E-state index contributed by atoms with van der Waals surface area (Å²) < 4.78 is 6.22. The van der Waals surface area contributed by atoms with Gasteiger partial charge in [-0.1, -0.05) is 12.1 Å². The molecule has 2 N–H and O–H groups in total. The molecular formula is C17H17N5O3S. The van der Waals surface area contributed by atoms with Crippen molar-refractivity contribution < 1.29 is 14.3 Å². The van der Waals surface area contributed by atoms with Crippen LogP contribution in [0.5, 0.6) is 0 Å². The van der Waals surface area contributed by atoms with E-state index in [0.29, 0.717) is 17.9 Å². The Labute approximate surface area is 153 Å². The fourth-order valence-electron chi connectivity index (χ4n) is 2.19. The summed E-state index contributed by atoms with van der Waals surface area (Å²) in [5.41, 5.74) is 2.77. The van der Waals surface area contributed by atoms with Gasteiger partial charge >= 0.3 is 6.09 Å². The topological polar surface area (TPSA) is 98.1 Å². The lowest BCUT2D eigenvalue weighted by Crippen LogP contribution is -2.23. The van der Waals surface area contributed by atoms with E-state index in [2.05, 4.69) is 25.5 Å². The molecule has 3 rings (SSSR count). The standard InChI is InChI=1S/C17H17N5O3S/c1-22-9-12(8-19-22)16-21-14(10-26-16)15(23)18-7-11-3-5-13(6-4-11)20-17(24)25-2/h3-6,8-10H,7H2,1-2H3,(H,18,23)(H,20,24). The lowest BCUT2D eigenvalue weighted by Gasteiger charge is -2.06. The van der Waals surface area contributed by atoms with Gasteiger partial charge in [0.1, 0.15) is 10.7 Å². The minimum absolute atomic E-state index is 0.242. The van der Waals surface area contributed by atoms with Crippen molar-refractivity contribution in [2.45, 2.75) is 6.54 Å². The van der Waals surface area contributed by atoms with Crippen LogP contribution in [0.4, 0.5) is 10.5 Å². The van der Waals surface area contributed by atoms with E-state index in [0.717, 1.165) is 16.1 Å². The number of nitrogens with zero attached hydrogens (tertiary/aromatic N) is 3. The molecular weight excluding hydrogens is 354 g/mol. The van der Waals surface area contributed by atoms with E-state index in [4.69, 9.17) is 0 Å². The van der Waals surface area contributed by atoms with Crippen LogP contribution in [0.3, 0.4) is 0 Å². The highest BCUT2D eigenvalue weighted by atomic mass is 32.1. The minimum Gasteiger partial charge on any atom is -0.453 e. The Bertz CT molecular complexity index is 917. The summed E-state index contributed by atoms with van der Waals surface area (Å²) in [7, 11) is 3.13. The van der Waals surface area contributed by atoms with E-state index >= 15 is 0 Å². The number of thiazole rings is 1. The van der Waals surface area contributed by atoms with Crippen molar-refractivity contribution in [1.29, 1.82) is 0 Å². The summed E-state index contributed by atoms with van der Waals surface area (Å²) in [6.07, 6.45) is 3.04. The first kappa shape index (κ1) is 17.6. The number of methoxy groups -OCH3 is 1. The quantitative estimate of drug-likeness (QED) is 0.718. The predicted octanol–water partition coefficient (Wildman–Crippen LogP) is 2.65. The molecule has 8 nitrogen and oxygen atoms in total. The summed E-state index contributed by atoms with van der Waals surface area (Å²) in [6, 6.07) is 7.10. The molecule has 0 aliphatic rings. The van der Waals surface area contributed by atoms with Gasteiger partial charge in [0.05, 0.1) is 13.3 Å². The lowest BCUT2D eigenvalue weighted by molar-refractivity contribution is 0.0946. The predicted molar refractivity (Wildman–Crippen MR) is 98.0 cm³/mol. The highest BCUT2D eigenvalue weighted by Crippen LogP contribution is 2.22. The van der Waals surface area contributed by atoms with E-state index in [-0.39, 0.29) is 5.91 Å². The fourth-order valence-corrected chi connectivity index (χ4v) is 2.97. The van der Waals surface area contributed by atoms with Crippen LogP contribution >= 0.6 is 11.3 Å². The van der Waals surface area contributed by atoms with Gasteiger partial charge in [0, 0.05) is 36.4 Å². The third kappa shape index (κ3) is 4.25. The first-order chi connectivity index (χ1) is 12.5. The number of amides is 2. The second kappa shape index (κ2) is 7.79. The van der Waals surface area contributed by atoms with Crippen molar-refractivity contribution in [3.05, 3.63) is 53.3 Å². The monoisotopic (exact) mass is 371 g/mol. The van der Waals surface area contributed by atoms with Crippen molar-refractivity contribution in [1.82, 2.24) is 20.1 Å². The molecule has 2 heterocycles. The number of benzene rings is 1. The third-order valence-electron chi connectivity index (χ3n) is 3.53. The van der Waals surface area contributed by atoms with Crippen molar-refractivity contribution in [2.75, 3.05) is 12.4 Å². The number of hydrogen-bond donors (Lipinski definition) is 2. The fraction of sp³-hybridized carbons (Fsp3) is 0.176. The molecule has 0 unspecified atom stereocenters. The number of aromatic nitrogens is 3. The largest absolute Gasteiger partial charge is 0.453 e. The van der Waals surface area contributed by atoms with E-state index in [1.54, 1.807) is 28.4 Å². The van der Waals surface area contributed by atoms with Crippen molar-refractivity contribution >= 4 is 29.0 Å². The van der Waals surface area contributed by atoms with E-state index in [1.807, 2.05) is 25.4 Å². The highest BCUT2D eigenvalue weighted by molar-refractivity contribution is 7.13. The van der Waals surface area contributed by atoms with Crippen LogP contribution in [0.2, 0.25) is 0 Å². The molecule has 0 atom stereocenters. The van der Waals surface area contributed by atoms with Crippen LogP contribution in [0, 0.1) is 0 Å². The molecule has 0 spiro atoms. The average Bonchev–Trinajstić information content (AvgIpc) is 3.29. The number of anilines is 1. The maximum Gasteiger partial charge on any atom is 0.411 e. The minimum atomic E-state index is -0.529. The zero-order valence-corrected chi connectivity index (χ0v) is 15.0. The summed E-state index contributed by atoms with van der Waals surface area (Å²) in [6.45, 7) is 0.358. The molecule has 0 aliphatic carbocycles. The van der Waals surface area contributed by atoms with Crippen LogP contribution in [0.1, 0.15) is 16.1 Å². The molecule has 1 aromatic carbocycles. The van der Waals surface area contributed by atoms with Gasteiger partial charge in [-0.2, -0.15) is 5.10 Å². The van der Waals surface area contributed by atoms with Crippen molar-refractivity contribution in [2.24, 2.45) is 7.05 Å². The summed E-state index contributed by atoms with van der Waals surface area (Å²) >= 11 is 1.40. The zero-order valence-electron chi connectivity index (χ0n) is 14.2. The molecule has 0 saturated carbocycles. The Morgan fingerprint density at radius 1 is 1.27 bits per heavy atom. The van der Waals surface area contributed by atoms with Gasteiger partial charge < -0.3 is 10.1 Å². The van der Waals surface area contributed by atoms with Gasteiger partial charge in [0.15, 0.2) is 0 Å². The Hall–Kier alpha value is -3.20. The molecule has 0 bridgehead atoms. The number of carbonyl (C=O) groups is 2. The molecule has 134 valence electrons. The van der Waals surface area contributed by atoms with E-state index < -0.39 is 6.09 Å². The zero-order chi connectivity index (χ0) is 18.5. The Morgan fingerprint density at radius 3 is 2.69 bits per heavy atom. The number of ether oxygens (including phenoxy) is 1. The molecule has 9 heteroatoms. The highest BCUT2D eigenvalue weighted by Gasteiger charge is 2.12. The average molecular weight is 371 g/mol. The summed E-state index contributed by atoms with van der Waals surface area (Å²) in [5.74, 6) is -0.242. The van der Waals surface area contributed by atoms with Gasteiger partial charge in [-0.15, -0.1) is 11.3 Å².